The van der Waals surface area contributed by atoms with E-state index in [1.807, 2.05) is 6.26 Å². The summed E-state index contributed by atoms with van der Waals surface area (Å²) in [6.45, 7) is 6.82. The molecule has 0 aliphatic carbocycles. The second-order valence-electron chi connectivity index (χ2n) is 4.75. The lowest BCUT2D eigenvalue weighted by molar-refractivity contribution is 0.0981. The molecule has 1 fully saturated rings. The van der Waals surface area contributed by atoms with E-state index in [0.717, 1.165) is 5.17 Å². The third-order valence-electron chi connectivity index (χ3n) is 3.31. The normalized spacial score (nSPS) is 26.8. The molecule has 15 heavy (non-hydrogen) atoms. The van der Waals surface area contributed by atoms with Crippen molar-refractivity contribution in [1.82, 2.24) is 4.90 Å². The van der Waals surface area contributed by atoms with Gasteiger partial charge in [-0.2, -0.15) is 5.10 Å². The highest BCUT2D eigenvalue weighted by Gasteiger charge is 2.37. The Bertz CT molecular complexity index is 238. The lowest BCUT2D eigenvalue weighted by atomic mass is 9.86. The highest BCUT2D eigenvalue weighted by atomic mass is 32.2. The second-order valence-corrected chi connectivity index (χ2v) is 5.53. The number of hydrazone groups is 1. The smallest absolute Gasteiger partial charge is 0.183 e. The second kappa shape index (κ2) is 5.10. The maximum Gasteiger partial charge on any atom is 0.183 e. The predicted molar refractivity (Wildman–Crippen MR) is 69.0 cm³/mol. The minimum atomic E-state index is 0.195. The van der Waals surface area contributed by atoms with Crippen molar-refractivity contribution in [3.63, 3.8) is 0 Å². The van der Waals surface area contributed by atoms with Crippen LogP contribution in [-0.2, 0) is 0 Å². The van der Waals surface area contributed by atoms with E-state index < -0.39 is 0 Å². The van der Waals surface area contributed by atoms with Crippen LogP contribution in [0.3, 0.4) is 0 Å². The maximum absolute atomic E-state index is 5.48. The molecule has 0 aromatic rings. The van der Waals surface area contributed by atoms with Gasteiger partial charge in [-0.1, -0.05) is 18.7 Å². The Balaban J connectivity index is 2.94. The number of hydrogen-bond acceptors (Lipinski definition) is 3. The fourth-order valence-corrected chi connectivity index (χ4v) is 3.23. The van der Waals surface area contributed by atoms with Gasteiger partial charge < -0.3 is 10.7 Å². The summed E-state index contributed by atoms with van der Waals surface area (Å²) in [5.41, 5.74) is 0.195. The van der Waals surface area contributed by atoms with Gasteiger partial charge in [-0.3, -0.25) is 0 Å². The van der Waals surface area contributed by atoms with E-state index in [1.54, 1.807) is 11.8 Å². The summed E-state index contributed by atoms with van der Waals surface area (Å²) in [6, 6.07) is 0.600. The molecule has 1 aliphatic heterocycles. The number of likely N-dealkylation sites (tertiary alicyclic amines) is 1. The Morgan fingerprint density at radius 2 is 2.27 bits per heavy atom. The van der Waals surface area contributed by atoms with Crippen molar-refractivity contribution in [3.05, 3.63) is 0 Å². The molecule has 1 rings (SSSR count). The zero-order valence-corrected chi connectivity index (χ0v) is 11.1. The molecule has 1 atom stereocenters. The standard InChI is InChI=1S/C11H23N3S/c1-5-9-7-6-8-11(2,3)14(9)10(13-12)15-4/h9H,5-8,12H2,1-4H3/b13-10+. The van der Waals surface area contributed by atoms with Crippen LogP contribution in [0.5, 0.6) is 0 Å². The molecular formula is C11H23N3S. The molecule has 0 amide bonds. The van der Waals surface area contributed by atoms with E-state index in [1.165, 1.54) is 25.7 Å². The van der Waals surface area contributed by atoms with Crippen molar-refractivity contribution in [2.24, 2.45) is 10.9 Å². The van der Waals surface area contributed by atoms with Gasteiger partial charge in [-0.05, 0) is 45.8 Å². The monoisotopic (exact) mass is 229 g/mol. The fraction of sp³-hybridized carbons (Fsp3) is 0.909. The first-order valence-electron chi connectivity index (χ1n) is 5.68. The highest BCUT2D eigenvalue weighted by Crippen LogP contribution is 2.34. The van der Waals surface area contributed by atoms with E-state index in [4.69, 9.17) is 5.84 Å². The van der Waals surface area contributed by atoms with Crippen LogP contribution in [0.2, 0.25) is 0 Å². The molecular weight excluding hydrogens is 206 g/mol. The summed E-state index contributed by atoms with van der Waals surface area (Å²) >= 11 is 1.65. The van der Waals surface area contributed by atoms with Gasteiger partial charge in [0.05, 0.1) is 0 Å². The summed E-state index contributed by atoms with van der Waals surface area (Å²) in [7, 11) is 0. The molecule has 1 unspecified atom stereocenters. The molecule has 0 radical (unpaired) electrons. The van der Waals surface area contributed by atoms with Crippen LogP contribution in [0, 0.1) is 0 Å². The quantitative estimate of drug-likeness (QED) is 0.325. The van der Waals surface area contributed by atoms with E-state index in [-0.39, 0.29) is 5.54 Å². The minimum absolute atomic E-state index is 0.195. The Labute approximate surface area is 97.5 Å². The van der Waals surface area contributed by atoms with E-state index in [9.17, 15) is 0 Å². The third-order valence-corrected chi connectivity index (χ3v) is 3.98. The SMILES string of the molecule is CCC1CCCC(C)(C)N1/C(=N\N)SC. The molecule has 0 saturated carbocycles. The summed E-state index contributed by atoms with van der Waals surface area (Å²) in [5.74, 6) is 5.48. The van der Waals surface area contributed by atoms with Gasteiger partial charge in [0.25, 0.3) is 0 Å². The number of hydrogen-bond donors (Lipinski definition) is 1. The van der Waals surface area contributed by atoms with Gasteiger partial charge in [-0.25, -0.2) is 0 Å². The molecule has 2 N–H and O–H groups in total. The number of piperidine rings is 1. The van der Waals surface area contributed by atoms with Crippen molar-refractivity contribution in [3.8, 4) is 0 Å². The predicted octanol–water partition coefficient (Wildman–Crippen LogP) is 2.62. The largest absolute Gasteiger partial charge is 0.342 e. The molecule has 1 saturated heterocycles. The van der Waals surface area contributed by atoms with Crippen LogP contribution in [0.15, 0.2) is 5.10 Å². The number of thioether (sulfide) groups is 1. The van der Waals surface area contributed by atoms with Crippen LogP contribution in [0.1, 0.15) is 46.5 Å². The first-order chi connectivity index (χ1) is 7.06. The molecule has 0 spiro atoms. The molecule has 1 heterocycles. The first-order valence-corrected chi connectivity index (χ1v) is 6.90. The number of nitrogens with zero attached hydrogens (tertiary/aromatic N) is 2. The zero-order chi connectivity index (χ0) is 11.5. The van der Waals surface area contributed by atoms with Gasteiger partial charge in [0.2, 0.25) is 0 Å². The fourth-order valence-electron chi connectivity index (χ4n) is 2.53. The Hall–Kier alpha value is -0.380. The average Bonchev–Trinajstić information content (AvgIpc) is 2.21. The summed E-state index contributed by atoms with van der Waals surface area (Å²) in [6.07, 6.45) is 7.02. The van der Waals surface area contributed by atoms with Gasteiger partial charge in [0.1, 0.15) is 0 Å². The summed E-state index contributed by atoms with van der Waals surface area (Å²) in [5, 5.41) is 4.91. The topological polar surface area (TPSA) is 41.6 Å². The van der Waals surface area contributed by atoms with Crippen LogP contribution < -0.4 is 5.84 Å². The van der Waals surface area contributed by atoms with Crippen LogP contribution >= 0.6 is 11.8 Å². The minimum Gasteiger partial charge on any atom is -0.342 e. The van der Waals surface area contributed by atoms with Crippen molar-refractivity contribution >= 4 is 16.9 Å². The number of rotatable bonds is 1. The van der Waals surface area contributed by atoms with Gasteiger partial charge in [0, 0.05) is 11.6 Å². The van der Waals surface area contributed by atoms with Crippen molar-refractivity contribution < 1.29 is 0 Å². The molecule has 4 heteroatoms. The van der Waals surface area contributed by atoms with Crippen molar-refractivity contribution in [1.29, 1.82) is 0 Å². The van der Waals surface area contributed by atoms with Crippen LogP contribution in [-0.4, -0.2) is 27.9 Å². The lowest BCUT2D eigenvalue weighted by Gasteiger charge is -2.48. The average molecular weight is 229 g/mol. The van der Waals surface area contributed by atoms with E-state index in [0.29, 0.717) is 6.04 Å². The molecule has 0 aromatic carbocycles. The molecule has 1 aliphatic rings. The molecule has 0 bridgehead atoms. The first kappa shape index (κ1) is 12.7. The summed E-state index contributed by atoms with van der Waals surface area (Å²) < 4.78 is 0. The van der Waals surface area contributed by atoms with Gasteiger partial charge >= 0.3 is 0 Å². The van der Waals surface area contributed by atoms with Crippen molar-refractivity contribution in [2.75, 3.05) is 6.26 Å². The van der Waals surface area contributed by atoms with Crippen molar-refractivity contribution in [2.45, 2.75) is 58.0 Å². The Morgan fingerprint density at radius 1 is 1.60 bits per heavy atom. The number of amidine groups is 1. The zero-order valence-electron chi connectivity index (χ0n) is 10.3. The number of nitrogens with two attached hydrogens (primary N) is 1. The maximum atomic E-state index is 5.48. The van der Waals surface area contributed by atoms with Crippen LogP contribution in [0.4, 0.5) is 0 Å². The highest BCUT2D eigenvalue weighted by molar-refractivity contribution is 8.13. The third kappa shape index (κ3) is 2.60. The van der Waals surface area contributed by atoms with Crippen LogP contribution in [0.25, 0.3) is 0 Å². The molecule has 0 aromatic heterocycles. The van der Waals surface area contributed by atoms with Gasteiger partial charge in [-0.15, -0.1) is 0 Å². The van der Waals surface area contributed by atoms with E-state index >= 15 is 0 Å². The molecule has 3 nitrogen and oxygen atoms in total. The lowest BCUT2D eigenvalue weighted by Crippen LogP contribution is -2.55. The van der Waals surface area contributed by atoms with Gasteiger partial charge in [0.15, 0.2) is 5.17 Å². The summed E-state index contributed by atoms with van der Waals surface area (Å²) in [4.78, 5) is 2.42. The Morgan fingerprint density at radius 3 is 2.73 bits per heavy atom. The Kier molecular flexibility index (Phi) is 4.32. The molecule has 88 valence electrons. The van der Waals surface area contributed by atoms with E-state index in [2.05, 4.69) is 30.8 Å².